The minimum atomic E-state index is 1.21. The minimum Gasteiger partial charge on any atom is -0.141 e. The van der Waals surface area contributed by atoms with Crippen molar-refractivity contribution in [3.05, 3.63) is 26.9 Å². The van der Waals surface area contributed by atoms with Gasteiger partial charge in [-0.2, -0.15) is 0 Å². The summed E-state index contributed by atoms with van der Waals surface area (Å²) in [5.41, 5.74) is 0. The lowest BCUT2D eigenvalue weighted by molar-refractivity contribution is 0.940. The maximum absolute atomic E-state index is 3.26. The number of halogens is 1. The van der Waals surface area contributed by atoms with Crippen LogP contribution >= 0.6 is 27.3 Å². The predicted molar refractivity (Wildman–Crippen MR) is 56.3 cm³/mol. The van der Waals surface area contributed by atoms with Gasteiger partial charge in [0.05, 0.1) is 0 Å². The van der Waals surface area contributed by atoms with Crippen LogP contribution in [-0.2, 0) is 6.42 Å². The number of hydrogen-bond donors (Lipinski definition) is 0. The van der Waals surface area contributed by atoms with E-state index >= 15 is 0 Å². The lowest BCUT2D eigenvalue weighted by atomic mass is 10.3. The van der Waals surface area contributed by atoms with Gasteiger partial charge in [-0.1, -0.05) is 29.3 Å². The van der Waals surface area contributed by atoms with Crippen molar-refractivity contribution < 1.29 is 0 Å². The van der Waals surface area contributed by atoms with Crippen LogP contribution in [0.5, 0.6) is 0 Å². The van der Waals surface area contributed by atoms with Gasteiger partial charge in [0.25, 0.3) is 0 Å². The summed E-state index contributed by atoms with van der Waals surface area (Å²) in [5, 5.41) is 0. The molecule has 2 heteroatoms. The standard InChI is InChI=1S/C9H11BrS/c1-2-3-8-4-5-9(11-8)6-7-10/h4-7H,2-3H2,1H3/b7-6+. The van der Waals surface area contributed by atoms with Gasteiger partial charge >= 0.3 is 0 Å². The highest BCUT2D eigenvalue weighted by atomic mass is 79.9. The third-order valence-electron chi connectivity index (χ3n) is 1.41. The lowest BCUT2D eigenvalue weighted by Gasteiger charge is -1.87. The van der Waals surface area contributed by atoms with E-state index in [9.17, 15) is 0 Å². The molecule has 1 aromatic heterocycles. The number of thiophene rings is 1. The number of rotatable bonds is 3. The molecule has 0 amide bonds. The summed E-state index contributed by atoms with van der Waals surface area (Å²) in [5.74, 6) is 0. The van der Waals surface area contributed by atoms with E-state index in [2.05, 4.69) is 41.1 Å². The molecule has 0 N–H and O–H groups in total. The van der Waals surface area contributed by atoms with Crippen molar-refractivity contribution in [2.24, 2.45) is 0 Å². The first kappa shape index (κ1) is 9.01. The van der Waals surface area contributed by atoms with Crippen LogP contribution in [0.25, 0.3) is 6.08 Å². The van der Waals surface area contributed by atoms with E-state index < -0.39 is 0 Å². The Kier molecular flexibility index (Phi) is 3.87. The first-order chi connectivity index (χ1) is 5.36. The second kappa shape index (κ2) is 4.73. The molecule has 0 radical (unpaired) electrons. The van der Waals surface area contributed by atoms with Crippen LogP contribution in [0.1, 0.15) is 23.1 Å². The molecular formula is C9H11BrS. The average molecular weight is 231 g/mol. The zero-order valence-electron chi connectivity index (χ0n) is 6.51. The van der Waals surface area contributed by atoms with Crippen LogP contribution in [0.3, 0.4) is 0 Å². The monoisotopic (exact) mass is 230 g/mol. The Bertz CT molecular complexity index is 237. The Morgan fingerprint density at radius 3 is 3.00 bits per heavy atom. The molecule has 1 rings (SSSR count). The van der Waals surface area contributed by atoms with Crippen LogP contribution in [0.15, 0.2) is 17.1 Å². The molecule has 0 aromatic carbocycles. The molecule has 11 heavy (non-hydrogen) atoms. The zero-order valence-corrected chi connectivity index (χ0v) is 8.91. The zero-order chi connectivity index (χ0) is 8.10. The fourth-order valence-electron chi connectivity index (χ4n) is 0.927. The second-order valence-electron chi connectivity index (χ2n) is 2.35. The van der Waals surface area contributed by atoms with Gasteiger partial charge in [0.2, 0.25) is 0 Å². The van der Waals surface area contributed by atoms with Crippen LogP contribution in [0.2, 0.25) is 0 Å². The predicted octanol–water partition coefficient (Wildman–Crippen LogP) is 4.07. The molecule has 0 unspecified atom stereocenters. The molecule has 0 saturated carbocycles. The summed E-state index contributed by atoms with van der Waals surface area (Å²) in [6.45, 7) is 2.21. The van der Waals surface area contributed by atoms with Gasteiger partial charge in [-0.15, -0.1) is 11.3 Å². The SMILES string of the molecule is CCCc1ccc(/C=C/Br)s1. The molecule has 0 atom stereocenters. The molecule has 0 aliphatic heterocycles. The van der Waals surface area contributed by atoms with Crippen molar-refractivity contribution in [1.29, 1.82) is 0 Å². The van der Waals surface area contributed by atoms with E-state index in [0.717, 1.165) is 0 Å². The molecule has 0 bridgehead atoms. The highest BCUT2D eigenvalue weighted by molar-refractivity contribution is 9.11. The van der Waals surface area contributed by atoms with Gasteiger partial charge in [-0.3, -0.25) is 0 Å². The topological polar surface area (TPSA) is 0 Å². The van der Waals surface area contributed by atoms with Gasteiger partial charge < -0.3 is 0 Å². The van der Waals surface area contributed by atoms with Gasteiger partial charge in [0.1, 0.15) is 0 Å². The number of hydrogen-bond acceptors (Lipinski definition) is 1. The van der Waals surface area contributed by atoms with E-state index in [4.69, 9.17) is 0 Å². The molecule has 1 aromatic rings. The van der Waals surface area contributed by atoms with Crippen LogP contribution in [0.4, 0.5) is 0 Å². The van der Waals surface area contributed by atoms with Gasteiger partial charge in [0, 0.05) is 9.75 Å². The largest absolute Gasteiger partial charge is 0.141 e. The third kappa shape index (κ3) is 2.80. The summed E-state index contributed by atoms with van der Waals surface area (Å²) >= 11 is 5.13. The lowest BCUT2D eigenvalue weighted by Crippen LogP contribution is -1.71. The van der Waals surface area contributed by atoms with E-state index in [1.54, 1.807) is 0 Å². The quantitative estimate of drug-likeness (QED) is 0.735. The fourth-order valence-corrected chi connectivity index (χ4v) is 2.40. The molecule has 0 nitrogen and oxygen atoms in total. The minimum absolute atomic E-state index is 1.21. The van der Waals surface area contributed by atoms with E-state index in [1.807, 2.05) is 16.3 Å². The molecule has 0 aliphatic carbocycles. The van der Waals surface area contributed by atoms with Crippen molar-refractivity contribution in [3.63, 3.8) is 0 Å². The van der Waals surface area contributed by atoms with Crippen molar-refractivity contribution in [2.75, 3.05) is 0 Å². The molecular weight excluding hydrogens is 220 g/mol. The van der Waals surface area contributed by atoms with Crippen LogP contribution in [-0.4, -0.2) is 0 Å². The van der Waals surface area contributed by atoms with Crippen molar-refractivity contribution in [3.8, 4) is 0 Å². The second-order valence-corrected chi connectivity index (χ2v) is 4.08. The maximum Gasteiger partial charge on any atom is 0.0278 e. The van der Waals surface area contributed by atoms with Crippen molar-refractivity contribution in [2.45, 2.75) is 19.8 Å². The summed E-state index contributed by atoms with van der Waals surface area (Å²) in [4.78, 5) is 4.70. The van der Waals surface area contributed by atoms with Crippen LogP contribution < -0.4 is 0 Å². The Hall–Kier alpha value is -0.0800. The fraction of sp³-hybridized carbons (Fsp3) is 0.333. The Balaban J connectivity index is 2.65. The molecule has 60 valence electrons. The Morgan fingerprint density at radius 2 is 2.36 bits per heavy atom. The van der Waals surface area contributed by atoms with Crippen molar-refractivity contribution >= 4 is 33.3 Å². The molecule has 0 saturated heterocycles. The van der Waals surface area contributed by atoms with Gasteiger partial charge in [0.15, 0.2) is 0 Å². The molecule has 1 heterocycles. The average Bonchev–Trinajstić information content (AvgIpc) is 2.38. The third-order valence-corrected chi connectivity index (χ3v) is 2.78. The first-order valence-electron chi connectivity index (χ1n) is 3.72. The summed E-state index contributed by atoms with van der Waals surface area (Å²) in [6, 6.07) is 4.36. The molecule has 0 fully saturated rings. The maximum atomic E-state index is 3.26. The van der Waals surface area contributed by atoms with E-state index in [-0.39, 0.29) is 0 Å². The normalized spacial score (nSPS) is 11.1. The Labute approximate surface area is 80.1 Å². The summed E-state index contributed by atoms with van der Waals surface area (Å²) in [7, 11) is 0. The first-order valence-corrected chi connectivity index (χ1v) is 5.45. The highest BCUT2D eigenvalue weighted by Crippen LogP contribution is 2.19. The Morgan fingerprint density at radius 1 is 1.55 bits per heavy atom. The van der Waals surface area contributed by atoms with Gasteiger partial charge in [-0.05, 0) is 29.6 Å². The smallest absolute Gasteiger partial charge is 0.0278 e. The highest BCUT2D eigenvalue weighted by Gasteiger charge is 1.94. The van der Waals surface area contributed by atoms with E-state index in [1.165, 1.54) is 22.6 Å². The molecule has 0 aliphatic rings. The van der Waals surface area contributed by atoms with Crippen molar-refractivity contribution in [1.82, 2.24) is 0 Å². The summed E-state index contributed by atoms with van der Waals surface area (Å²) in [6.07, 6.45) is 4.52. The van der Waals surface area contributed by atoms with Crippen LogP contribution in [0, 0.1) is 0 Å². The van der Waals surface area contributed by atoms with E-state index in [0.29, 0.717) is 0 Å². The summed E-state index contributed by atoms with van der Waals surface area (Å²) < 4.78 is 0. The number of aryl methyl sites for hydroxylation is 1. The molecule has 0 spiro atoms. The van der Waals surface area contributed by atoms with Gasteiger partial charge in [-0.25, -0.2) is 0 Å².